The molecule has 0 aromatic heterocycles. The number of sulfonamides is 1. The van der Waals surface area contributed by atoms with E-state index in [1.165, 1.54) is 6.07 Å². The van der Waals surface area contributed by atoms with E-state index >= 15 is 0 Å². The Morgan fingerprint density at radius 2 is 2.13 bits per heavy atom. The first-order valence-electron chi connectivity index (χ1n) is 4.44. The van der Waals surface area contributed by atoms with Crippen molar-refractivity contribution >= 4 is 10.0 Å². The molecule has 5 nitrogen and oxygen atoms in total. The highest BCUT2D eigenvalue weighted by Crippen LogP contribution is 2.22. The number of nitrogens with one attached hydrogen (secondary N) is 1. The van der Waals surface area contributed by atoms with Crippen molar-refractivity contribution in [2.45, 2.75) is 18.2 Å². The van der Waals surface area contributed by atoms with Crippen LogP contribution in [0.2, 0.25) is 0 Å². The largest absolute Gasteiger partial charge is 0.496 e. The summed E-state index contributed by atoms with van der Waals surface area (Å²) in [5.74, 6) is 5.61. The normalized spacial score (nSPS) is 11.4. The first kappa shape index (κ1) is 12.0. The second kappa shape index (κ2) is 4.61. The Labute approximate surface area is 89.3 Å². The van der Waals surface area contributed by atoms with Gasteiger partial charge in [0.15, 0.2) is 0 Å². The zero-order chi connectivity index (χ0) is 11.5. The van der Waals surface area contributed by atoms with E-state index in [-0.39, 0.29) is 4.90 Å². The molecule has 0 unspecified atom stereocenters. The van der Waals surface area contributed by atoms with E-state index in [9.17, 15) is 8.42 Å². The molecular formula is C9H14N2O3S. The molecule has 0 aliphatic rings. The second-order valence-corrected chi connectivity index (χ2v) is 4.66. The highest BCUT2D eigenvalue weighted by molar-refractivity contribution is 7.89. The first-order chi connectivity index (χ1) is 7.05. The van der Waals surface area contributed by atoms with Crippen molar-refractivity contribution in [3.8, 4) is 5.75 Å². The Morgan fingerprint density at radius 1 is 1.47 bits per heavy atom. The molecule has 0 saturated heterocycles. The number of nitrogens with two attached hydrogens (primary N) is 1. The fourth-order valence-electron chi connectivity index (χ4n) is 1.27. The molecule has 0 heterocycles. The van der Waals surface area contributed by atoms with Crippen molar-refractivity contribution in [3.63, 3.8) is 0 Å². The predicted molar refractivity (Wildman–Crippen MR) is 56.9 cm³/mol. The topological polar surface area (TPSA) is 81.4 Å². The number of benzene rings is 1. The van der Waals surface area contributed by atoms with Crippen LogP contribution in [0.4, 0.5) is 0 Å². The second-order valence-electron chi connectivity index (χ2n) is 2.95. The van der Waals surface area contributed by atoms with Crippen LogP contribution in [0.25, 0.3) is 0 Å². The standard InChI is InChI=1S/C9H14N2O3S/c1-3-7-6-8(15(12,13)11-10)4-5-9(7)14-2/h4-6,11H,3,10H2,1-2H3. The SMILES string of the molecule is CCc1cc(S(=O)(=O)NN)ccc1OC. The van der Waals surface area contributed by atoms with Crippen molar-refractivity contribution in [3.05, 3.63) is 23.8 Å². The summed E-state index contributed by atoms with van der Waals surface area (Å²) in [7, 11) is -2.04. The highest BCUT2D eigenvalue weighted by Gasteiger charge is 2.13. The molecule has 0 bridgehead atoms. The molecule has 0 aliphatic heterocycles. The van der Waals surface area contributed by atoms with Crippen molar-refractivity contribution in [2.75, 3.05) is 7.11 Å². The zero-order valence-corrected chi connectivity index (χ0v) is 9.47. The van der Waals surface area contributed by atoms with Gasteiger partial charge in [0.05, 0.1) is 12.0 Å². The summed E-state index contributed by atoms with van der Waals surface area (Å²) in [5, 5.41) is 0. The molecule has 15 heavy (non-hydrogen) atoms. The van der Waals surface area contributed by atoms with Gasteiger partial charge in [-0.25, -0.2) is 8.42 Å². The molecule has 0 radical (unpaired) electrons. The summed E-state index contributed by atoms with van der Waals surface area (Å²) in [4.78, 5) is 1.92. The number of hydrogen-bond acceptors (Lipinski definition) is 4. The number of ether oxygens (including phenoxy) is 1. The molecule has 1 aromatic rings. The Hall–Kier alpha value is -1.11. The zero-order valence-electron chi connectivity index (χ0n) is 8.65. The van der Waals surface area contributed by atoms with Crippen molar-refractivity contribution in [1.82, 2.24) is 4.83 Å². The summed E-state index contributed by atoms with van der Waals surface area (Å²) in [6.07, 6.45) is 0.692. The number of rotatable bonds is 4. The third-order valence-electron chi connectivity index (χ3n) is 2.10. The summed E-state index contributed by atoms with van der Waals surface area (Å²) in [6.45, 7) is 1.92. The molecule has 0 atom stereocenters. The molecule has 1 aromatic carbocycles. The van der Waals surface area contributed by atoms with Gasteiger partial charge in [-0.15, -0.1) is 0 Å². The van der Waals surface area contributed by atoms with Crippen LogP contribution in [-0.4, -0.2) is 15.5 Å². The van der Waals surface area contributed by atoms with Crippen LogP contribution < -0.4 is 15.4 Å². The Balaban J connectivity index is 3.26. The van der Waals surface area contributed by atoms with E-state index in [0.29, 0.717) is 12.2 Å². The molecular weight excluding hydrogens is 216 g/mol. The van der Waals surface area contributed by atoms with Crippen LogP contribution in [0.1, 0.15) is 12.5 Å². The van der Waals surface area contributed by atoms with Crippen LogP contribution in [0.5, 0.6) is 5.75 Å². The number of aryl methyl sites for hydroxylation is 1. The lowest BCUT2D eigenvalue weighted by molar-refractivity contribution is 0.409. The van der Waals surface area contributed by atoms with Gasteiger partial charge in [0.25, 0.3) is 10.0 Å². The van der Waals surface area contributed by atoms with Crippen molar-refractivity contribution in [2.24, 2.45) is 5.84 Å². The summed E-state index contributed by atoms with van der Waals surface area (Å²) < 4.78 is 27.9. The lowest BCUT2D eigenvalue weighted by Crippen LogP contribution is -2.30. The van der Waals surface area contributed by atoms with Gasteiger partial charge in [0.2, 0.25) is 0 Å². The van der Waals surface area contributed by atoms with Crippen molar-refractivity contribution < 1.29 is 13.2 Å². The van der Waals surface area contributed by atoms with Gasteiger partial charge in [-0.1, -0.05) is 6.92 Å². The van der Waals surface area contributed by atoms with Gasteiger partial charge in [0.1, 0.15) is 5.75 Å². The van der Waals surface area contributed by atoms with Gasteiger partial charge in [-0.2, -0.15) is 4.83 Å². The maximum Gasteiger partial charge on any atom is 0.253 e. The first-order valence-corrected chi connectivity index (χ1v) is 5.92. The minimum atomic E-state index is -3.58. The molecule has 0 spiro atoms. The monoisotopic (exact) mass is 230 g/mol. The van der Waals surface area contributed by atoms with E-state index in [1.54, 1.807) is 24.1 Å². The maximum absolute atomic E-state index is 11.4. The van der Waals surface area contributed by atoms with E-state index in [2.05, 4.69) is 0 Å². The smallest absolute Gasteiger partial charge is 0.253 e. The van der Waals surface area contributed by atoms with Crippen LogP contribution in [-0.2, 0) is 16.4 Å². The van der Waals surface area contributed by atoms with E-state index < -0.39 is 10.0 Å². The van der Waals surface area contributed by atoms with E-state index in [4.69, 9.17) is 10.6 Å². The Morgan fingerprint density at radius 3 is 2.60 bits per heavy atom. The molecule has 0 amide bonds. The van der Waals surface area contributed by atoms with Crippen LogP contribution in [0.3, 0.4) is 0 Å². The van der Waals surface area contributed by atoms with Gasteiger partial charge in [0, 0.05) is 0 Å². The predicted octanol–water partition coefficient (Wildman–Crippen LogP) is 0.410. The van der Waals surface area contributed by atoms with Gasteiger partial charge < -0.3 is 4.74 Å². The van der Waals surface area contributed by atoms with Crippen LogP contribution in [0.15, 0.2) is 23.1 Å². The number of methoxy groups -OCH3 is 1. The molecule has 0 aliphatic carbocycles. The molecule has 3 N–H and O–H groups in total. The number of hydrogen-bond donors (Lipinski definition) is 2. The van der Waals surface area contributed by atoms with Crippen LogP contribution in [0, 0.1) is 0 Å². The van der Waals surface area contributed by atoms with Gasteiger partial charge in [-0.3, -0.25) is 5.84 Å². The quantitative estimate of drug-likeness (QED) is 0.580. The average molecular weight is 230 g/mol. The lowest BCUT2D eigenvalue weighted by Gasteiger charge is -2.08. The van der Waals surface area contributed by atoms with Crippen LogP contribution >= 0.6 is 0 Å². The molecule has 84 valence electrons. The Bertz CT molecular complexity index is 443. The average Bonchev–Trinajstić information content (AvgIpc) is 2.28. The fourth-order valence-corrected chi connectivity index (χ4v) is 1.95. The summed E-state index contributed by atoms with van der Waals surface area (Å²) in [5.41, 5.74) is 0.828. The highest BCUT2D eigenvalue weighted by atomic mass is 32.2. The van der Waals surface area contributed by atoms with Crippen molar-refractivity contribution in [1.29, 1.82) is 0 Å². The molecule has 6 heteroatoms. The third-order valence-corrected chi connectivity index (χ3v) is 3.28. The van der Waals surface area contributed by atoms with Gasteiger partial charge >= 0.3 is 0 Å². The minimum absolute atomic E-state index is 0.141. The maximum atomic E-state index is 11.4. The molecule has 1 rings (SSSR count). The fraction of sp³-hybridized carbons (Fsp3) is 0.333. The number of hydrazine groups is 1. The summed E-state index contributed by atoms with van der Waals surface area (Å²) in [6, 6.07) is 4.62. The van der Waals surface area contributed by atoms with E-state index in [0.717, 1.165) is 5.56 Å². The third kappa shape index (κ3) is 2.47. The molecule has 0 saturated carbocycles. The lowest BCUT2D eigenvalue weighted by atomic mass is 10.1. The minimum Gasteiger partial charge on any atom is -0.496 e. The van der Waals surface area contributed by atoms with E-state index in [1.807, 2.05) is 6.92 Å². The molecule has 0 fully saturated rings. The van der Waals surface area contributed by atoms with Gasteiger partial charge in [-0.05, 0) is 30.2 Å². The summed E-state index contributed by atoms with van der Waals surface area (Å²) >= 11 is 0. The Kier molecular flexibility index (Phi) is 3.67.